The Morgan fingerprint density at radius 1 is 1.35 bits per heavy atom. The number of benzene rings is 1. The number of hydrogen-bond donors (Lipinski definition) is 3. The van der Waals surface area contributed by atoms with E-state index in [1.165, 1.54) is 12.1 Å². The maximum absolute atomic E-state index is 11.9. The molecule has 0 heterocycles. The van der Waals surface area contributed by atoms with Crippen LogP contribution in [0.25, 0.3) is 0 Å². The molecular formula is C11H16N2O3S. The third kappa shape index (κ3) is 2.59. The summed E-state index contributed by atoms with van der Waals surface area (Å²) in [5, 5.41) is 9.83. The van der Waals surface area contributed by atoms with Crippen LogP contribution in [0.1, 0.15) is 19.3 Å². The van der Waals surface area contributed by atoms with Gasteiger partial charge in [-0.3, -0.25) is 0 Å². The van der Waals surface area contributed by atoms with Gasteiger partial charge in [0.25, 0.3) is 0 Å². The Labute approximate surface area is 101 Å². The van der Waals surface area contributed by atoms with Crippen molar-refractivity contribution in [2.75, 3.05) is 12.3 Å². The molecule has 1 aromatic rings. The Balaban J connectivity index is 2.12. The zero-order chi connectivity index (χ0) is 12.5. The van der Waals surface area contributed by atoms with Crippen molar-refractivity contribution in [3.8, 4) is 0 Å². The van der Waals surface area contributed by atoms with Gasteiger partial charge in [0.15, 0.2) is 0 Å². The number of hydrogen-bond acceptors (Lipinski definition) is 4. The largest absolute Gasteiger partial charge is 0.398 e. The second-order valence-electron chi connectivity index (χ2n) is 4.44. The van der Waals surface area contributed by atoms with E-state index >= 15 is 0 Å². The van der Waals surface area contributed by atoms with Crippen LogP contribution in [0, 0.1) is 0 Å². The molecule has 0 saturated heterocycles. The predicted molar refractivity (Wildman–Crippen MR) is 64.8 cm³/mol. The van der Waals surface area contributed by atoms with Gasteiger partial charge in [0.1, 0.15) is 4.90 Å². The Morgan fingerprint density at radius 3 is 2.53 bits per heavy atom. The highest BCUT2D eigenvalue weighted by molar-refractivity contribution is 7.89. The fourth-order valence-corrected chi connectivity index (χ4v) is 3.04. The summed E-state index contributed by atoms with van der Waals surface area (Å²) in [6.07, 6.45) is 2.21. The molecule has 6 heteroatoms. The van der Waals surface area contributed by atoms with Crippen LogP contribution in [0.3, 0.4) is 0 Å². The van der Waals surface area contributed by atoms with Crippen molar-refractivity contribution in [1.29, 1.82) is 0 Å². The smallest absolute Gasteiger partial charge is 0.242 e. The van der Waals surface area contributed by atoms with Crippen LogP contribution in [-0.2, 0) is 10.0 Å². The zero-order valence-corrected chi connectivity index (χ0v) is 10.2. The third-order valence-corrected chi connectivity index (χ3v) is 4.56. The molecule has 0 aromatic heterocycles. The first-order valence-electron chi connectivity index (χ1n) is 5.50. The Kier molecular flexibility index (Phi) is 3.11. The van der Waals surface area contributed by atoms with Crippen LogP contribution in [0.4, 0.5) is 5.69 Å². The summed E-state index contributed by atoms with van der Waals surface area (Å²) in [5.41, 5.74) is 4.94. The van der Waals surface area contributed by atoms with E-state index in [0.29, 0.717) is 12.8 Å². The van der Waals surface area contributed by atoms with Crippen LogP contribution in [-0.4, -0.2) is 25.7 Å². The first kappa shape index (κ1) is 12.3. The van der Waals surface area contributed by atoms with Crippen LogP contribution in [0.5, 0.6) is 0 Å². The molecule has 0 amide bonds. The van der Waals surface area contributed by atoms with Gasteiger partial charge in [-0.15, -0.1) is 0 Å². The van der Waals surface area contributed by atoms with Crippen molar-refractivity contribution in [3.63, 3.8) is 0 Å². The fourth-order valence-electron chi connectivity index (χ4n) is 1.79. The number of para-hydroxylation sites is 1. The van der Waals surface area contributed by atoms with E-state index in [9.17, 15) is 13.5 Å². The van der Waals surface area contributed by atoms with Gasteiger partial charge in [-0.2, -0.15) is 0 Å². The minimum absolute atomic E-state index is 0.0453. The molecule has 0 spiro atoms. The molecule has 1 fully saturated rings. The van der Waals surface area contributed by atoms with Crippen molar-refractivity contribution in [2.24, 2.45) is 0 Å². The Bertz CT molecular complexity index is 509. The molecule has 0 aliphatic heterocycles. The fraction of sp³-hybridized carbons (Fsp3) is 0.455. The van der Waals surface area contributed by atoms with Crippen molar-refractivity contribution in [2.45, 2.75) is 29.8 Å². The number of anilines is 1. The molecule has 0 bridgehead atoms. The second-order valence-corrected chi connectivity index (χ2v) is 6.18. The maximum Gasteiger partial charge on any atom is 0.242 e. The molecule has 17 heavy (non-hydrogen) atoms. The molecule has 1 aliphatic rings. The molecule has 2 rings (SSSR count). The van der Waals surface area contributed by atoms with Gasteiger partial charge in [0.05, 0.1) is 11.3 Å². The molecule has 1 aromatic carbocycles. The van der Waals surface area contributed by atoms with Crippen LogP contribution < -0.4 is 10.5 Å². The molecule has 1 aliphatic carbocycles. The third-order valence-electron chi connectivity index (χ3n) is 3.08. The summed E-state index contributed by atoms with van der Waals surface area (Å²) in [5.74, 6) is 0. The molecule has 94 valence electrons. The lowest BCUT2D eigenvalue weighted by Crippen LogP contribution is -2.47. The Hall–Kier alpha value is -1.11. The van der Waals surface area contributed by atoms with Crippen molar-refractivity contribution in [3.05, 3.63) is 24.3 Å². The van der Waals surface area contributed by atoms with Crippen molar-refractivity contribution >= 4 is 15.7 Å². The SMILES string of the molecule is Nc1ccccc1S(=O)(=O)NCC1(O)CCC1. The monoisotopic (exact) mass is 256 g/mol. The van der Waals surface area contributed by atoms with Crippen LogP contribution >= 0.6 is 0 Å². The lowest BCUT2D eigenvalue weighted by molar-refractivity contribution is -0.0270. The van der Waals surface area contributed by atoms with Gasteiger partial charge < -0.3 is 10.8 Å². The van der Waals surface area contributed by atoms with Crippen LogP contribution in [0.15, 0.2) is 29.2 Å². The molecule has 1 saturated carbocycles. The van der Waals surface area contributed by atoms with Crippen molar-refractivity contribution in [1.82, 2.24) is 4.72 Å². The highest BCUT2D eigenvalue weighted by Crippen LogP contribution is 2.31. The van der Waals surface area contributed by atoms with Gasteiger partial charge in [-0.25, -0.2) is 13.1 Å². The molecule has 0 radical (unpaired) electrons. The summed E-state index contributed by atoms with van der Waals surface area (Å²) in [6.45, 7) is 0.0453. The van der Waals surface area contributed by atoms with Crippen molar-refractivity contribution < 1.29 is 13.5 Å². The van der Waals surface area contributed by atoms with Gasteiger partial charge >= 0.3 is 0 Å². The number of nitrogens with one attached hydrogen (secondary N) is 1. The van der Waals surface area contributed by atoms with E-state index in [2.05, 4.69) is 4.72 Å². The highest BCUT2D eigenvalue weighted by atomic mass is 32.2. The molecular weight excluding hydrogens is 240 g/mol. The summed E-state index contributed by atoms with van der Waals surface area (Å²) in [6, 6.07) is 6.27. The van der Waals surface area contributed by atoms with Crippen LogP contribution in [0.2, 0.25) is 0 Å². The van der Waals surface area contributed by atoms with Gasteiger partial charge in [0, 0.05) is 6.54 Å². The predicted octanol–water partition coefficient (Wildman–Crippen LogP) is 0.462. The second kappa shape index (κ2) is 4.29. The number of nitrogen functional groups attached to an aromatic ring is 1. The van der Waals surface area contributed by atoms with E-state index < -0.39 is 15.6 Å². The summed E-state index contributed by atoms with van der Waals surface area (Å²) < 4.78 is 26.3. The minimum Gasteiger partial charge on any atom is -0.398 e. The number of aliphatic hydroxyl groups is 1. The maximum atomic E-state index is 11.9. The van der Waals surface area contributed by atoms with Gasteiger partial charge in [-0.05, 0) is 31.4 Å². The van der Waals surface area contributed by atoms with Gasteiger partial charge in [-0.1, -0.05) is 12.1 Å². The normalized spacial score (nSPS) is 18.6. The number of sulfonamides is 1. The zero-order valence-electron chi connectivity index (χ0n) is 9.39. The number of nitrogens with two attached hydrogens (primary N) is 1. The summed E-state index contributed by atoms with van der Waals surface area (Å²) in [7, 11) is -3.64. The molecule has 0 atom stereocenters. The summed E-state index contributed by atoms with van der Waals surface area (Å²) >= 11 is 0. The highest BCUT2D eigenvalue weighted by Gasteiger charge is 2.35. The average molecular weight is 256 g/mol. The topological polar surface area (TPSA) is 92.4 Å². The van der Waals surface area contributed by atoms with Gasteiger partial charge in [0.2, 0.25) is 10.0 Å². The lowest BCUT2D eigenvalue weighted by Gasteiger charge is -2.36. The standard InChI is InChI=1S/C11H16N2O3S/c12-9-4-1-2-5-10(9)17(15,16)13-8-11(14)6-3-7-11/h1-2,4-5,13-14H,3,6-8,12H2. The van der Waals surface area contributed by atoms with E-state index in [4.69, 9.17) is 5.73 Å². The Morgan fingerprint density at radius 2 is 2.00 bits per heavy atom. The number of rotatable bonds is 4. The van der Waals surface area contributed by atoms with E-state index in [1.54, 1.807) is 12.1 Å². The van der Waals surface area contributed by atoms with E-state index in [1.807, 2.05) is 0 Å². The average Bonchev–Trinajstić information content (AvgIpc) is 2.24. The van der Waals surface area contributed by atoms with E-state index in [-0.39, 0.29) is 17.1 Å². The first-order chi connectivity index (χ1) is 7.93. The molecule has 0 unspecified atom stereocenters. The molecule has 4 N–H and O–H groups in total. The minimum atomic E-state index is -3.64. The quantitative estimate of drug-likeness (QED) is 0.682. The summed E-state index contributed by atoms with van der Waals surface area (Å²) in [4.78, 5) is 0.0583. The molecule has 5 nitrogen and oxygen atoms in total. The lowest BCUT2D eigenvalue weighted by atomic mass is 9.81. The first-order valence-corrected chi connectivity index (χ1v) is 6.98. The van der Waals surface area contributed by atoms with E-state index in [0.717, 1.165) is 6.42 Å².